The third-order valence-electron chi connectivity index (χ3n) is 5.23. The van der Waals surface area contributed by atoms with Gasteiger partial charge in [-0.3, -0.25) is 0 Å². The van der Waals surface area contributed by atoms with Gasteiger partial charge in [0.2, 0.25) is 0 Å². The van der Waals surface area contributed by atoms with E-state index in [2.05, 4.69) is 19.7 Å². The number of rotatable bonds is 27. The van der Waals surface area contributed by atoms with Crippen LogP contribution in [0.25, 0.3) is 0 Å². The van der Waals surface area contributed by atoms with Crippen molar-refractivity contribution in [1.82, 2.24) is 0 Å². The van der Waals surface area contributed by atoms with Crippen molar-refractivity contribution in [2.24, 2.45) is 0 Å². The molecule has 0 bridgehead atoms. The first kappa shape index (κ1) is 53.1. The Morgan fingerprint density at radius 2 is 0.766 bits per heavy atom. The molecule has 0 aliphatic rings. The van der Waals surface area contributed by atoms with Crippen molar-refractivity contribution in [3.05, 3.63) is 48.6 Å². The number of methoxy groups -OCH3 is 3. The van der Waals surface area contributed by atoms with Crippen molar-refractivity contribution in [3.8, 4) is 0 Å². The van der Waals surface area contributed by atoms with Gasteiger partial charge in [-0.25, -0.2) is 0 Å². The number of hydrogen-bond acceptors (Lipinski definition) is 14. The minimum Gasteiger partial charge on any atom is -0.397 e. The fourth-order valence-corrected chi connectivity index (χ4v) is 8.26. The molecule has 0 aromatic rings. The van der Waals surface area contributed by atoms with E-state index in [-0.39, 0.29) is 0 Å². The van der Waals surface area contributed by atoms with E-state index >= 15 is 0 Å². The Labute approximate surface area is 290 Å². The molecule has 0 aliphatic heterocycles. The van der Waals surface area contributed by atoms with Crippen molar-refractivity contribution >= 4 is 35.7 Å². The molecule has 14 nitrogen and oxygen atoms in total. The van der Waals surface area contributed by atoms with Crippen LogP contribution in [0.15, 0.2) is 48.6 Å². The van der Waals surface area contributed by atoms with Crippen molar-refractivity contribution in [1.29, 1.82) is 0 Å². The fourth-order valence-electron chi connectivity index (χ4n) is 2.92. The molecule has 0 unspecified atom stereocenters. The van der Waals surface area contributed by atoms with Gasteiger partial charge in [0.15, 0.2) is 0 Å². The highest BCUT2D eigenvalue weighted by atomic mass is 28.4. The second-order valence-corrected chi connectivity index (χ2v) is 18.1. The molecule has 0 radical (unpaired) electrons. The molecular weight excluding hydrogens is 685 g/mol. The summed E-state index contributed by atoms with van der Waals surface area (Å²) in [4.78, 5) is 0. The first-order valence-corrected chi connectivity index (χ1v) is 22.1. The maximum atomic E-state index is 5.65. The van der Waals surface area contributed by atoms with Crippen LogP contribution in [0.4, 0.5) is 0 Å². The Kier molecular flexibility index (Phi) is 43.0. The third-order valence-corrected chi connectivity index (χ3v) is 14.0. The molecule has 47 heavy (non-hydrogen) atoms. The Morgan fingerprint density at radius 1 is 0.468 bits per heavy atom. The van der Waals surface area contributed by atoms with E-state index in [1.54, 1.807) is 74.0 Å². The molecule has 0 atom stereocenters. The molecule has 0 saturated heterocycles. The highest BCUT2D eigenvalue weighted by molar-refractivity contribution is 6.66. The van der Waals surface area contributed by atoms with Crippen LogP contribution < -0.4 is 0 Å². The molecule has 0 aliphatic carbocycles. The summed E-state index contributed by atoms with van der Waals surface area (Å²) < 4.78 is 72.9. The molecule has 0 spiro atoms. The first-order valence-electron chi connectivity index (χ1n) is 15.1. The number of ether oxygens (including phenoxy) is 3. The maximum absolute atomic E-state index is 5.65. The lowest BCUT2D eigenvalue weighted by Gasteiger charge is -2.26. The maximum Gasteiger partial charge on any atom is 0.529 e. The molecule has 282 valence electrons. The van der Waals surface area contributed by atoms with Crippen molar-refractivity contribution < 1.29 is 62.9 Å². The lowest BCUT2D eigenvalue weighted by molar-refractivity contribution is 0.0232. The molecule has 0 aromatic carbocycles. The number of hydrogen-bond donors (Lipinski definition) is 0. The number of allylic oxidation sites excluding steroid dienone is 1. The summed E-state index contributed by atoms with van der Waals surface area (Å²) >= 11 is 0. The zero-order chi connectivity index (χ0) is 36.9. The molecule has 0 aromatic heterocycles. The minimum atomic E-state index is -2.86. The van der Waals surface area contributed by atoms with Crippen LogP contribution in [-0.4, -0.2) is 152 Å². The monoisotopic (exact) mass is 750 g/mol. The standard InChI is InChI=1S/C11H24O6Si.C8H18O3Si.C5H12O3Si.C5H12O2Si/c1-5-18(15-9-6-12-2,16-10-7-13-3)17-11-8-14-4;1-5-9-12(8-4,10-6-2)11-7-3;1-5-9(6-2,7-3)8-4;1-4-5-8(6-2)7-3/h5H,1,6-11H2,2-4H3;8H,4-7H2,1-3H3;5H,1H2,2-4H3;4-5,8H,1-3H3. The summed E-state index contributed by atoms with van der Waals surface area (Å²) in [6.07, 6.45) is 1.95. The van der Waals surface area contributed by atoms with Gasteiger partial charge in [-0.15, -0.1) is 0 Å². The van der Waals surface area contributed by atoms with Gasteiger partial charge in [0.05, 0.1) is 39.6 Å². The average Bonchev–Trinajstić information content (AvgIpc) is 3.09. The van der Waals surface area contributed by atoms with Crippen molar-refractivity contribution in [2.75, 3.05) is 116 Å². The van der Waals surface area contributed by atoms with Gasteiger partial charge >= 0.3 is 35.7 Å². The SMILES string of the molecule is C=C[Si](OC)(OC)OC.C=C[Si](OCC)(OCC)OCC.C=C[Si](OCCOC)(OCCOC)OCCOC.CC=C[SiH](OC)OC. The van der Waals surface area contributed by atoms with Crippen LogP contribution >= 0.6 is 0 Å². The highest BCUT2D eigenvalue weighted by Gasteiger charge is 2.38. The van der Waals surface area contributed by atoms with Gasteiger partial charge in [-0.1, -0.05) is 25.8 Å². The molecular formula is C29H66O14Si4. The lowest BCUT2D eigenvalue weighted by atomic mass is 10.8. The summed E-state index contributed by atoms with van der Waals surface area (Å²) in [6.45, 7) is 23.1. The fraction of sp³-hybridized carbons (Fsp3) is 0.724. The Morgan fingerprint density at radius 3 is 0.915 bits per heavy atom. The van der Waals surface area contributed by atoms with Gasteiger partial charge in [-0.2, -0.15) is 0 Å². The summed E-state index contributed by atoms with van der Waals surface area (Å²) in [7, 11) is 3.63. The Balaban J connectivity index is -0.000000277. The van der Waals surface area contributed by atoms with Crippen molar-refractivity contribution in [3.63, 3.8) is 0 Å². The van der Waals surface area contributed by atoms with Crippen LogP contribution in [-0.2, 0) is 62.9 Å². The van der Waals surface area contributed by atoms with Crippen molar-refractivity contribution in [2.45, 2.75) is 27.7 Å². The smallest absolute Gasteiger partial charge is 0.397 e. The van der Waals surface area contributed by atoms with E-state index in [1.165, 1.54) is 0 Å². The van der Waals surface area contributed by atoms with E-state index < -0.39 is 35.7 Å². The molecule has 0 heterocycles. The average molecular weight is 751 g/mol. The van der Waals surface area contributed by atoms with Gasteiger partial charge in [0, 0.05) is 76.7 Å². The van der Waals surface area contributed by atoms with Crippen LogP contribution in [0.2, 0.25) is 0 Å². The molecule has 0 rings (SSSR count). The van der Waals surface area contributed by atoms with E-state index in [0.717, 1.165) is 0 Å². The first-order chi connectivity index (χ1) is 22.6. The van der Waals surface area contributed by atoms with Crippen LogP contribution in [0.5, 0.6) is 0 Å². The molecule has 0 fully saturated rings. The minimum absolute atomic E-state index is 0.398. The van der Waals surface area contributed by atoms with Crippen LogP contribution in [0.3, 0.4) is 0 Å². The van der Waals surface area contributed by atoms with Gasteiger partial charge < -0.3 is 62.9 Å². The molecule has 18 heteroatoms. The molecule has 0 amide bonds. The van der Waals surface area contributed by atoms with E-state index in [1.807, 2.05) is 39.5 Å². The predicted molar refractivity (Wildman–Crippen MR) is 193 cm³/mol. The zero-order valence-electron chi connectivity index (χ0n) is 31.2. The largest absolute Gasteiger partial charge is 0.529 e. The summed E-state index contributed by atoms with van der Waals surface area (Å²) in [6, 6.07) is 0. The van der Waals surface area contributed by atoms with Gasteiger partial charge in [0.1, 0.15) is 0 Å². The summed E-state index contributed by atoms with van der Waals surface area (Å²) in [5, 5.41) is 0. The second-order valence-electron chi connectivity index (χ2n) is 8.22. The Hall–Kier alpha value is -0.732. The molecule has 0 saturated carbocycles. The predicted octanol–water partition coefficient (Wildman–Crippen LogP) is 3.60. The third kappa shape index (κ3) is 28.8. The topological polar surface area (TPSA) is 129 Å². The quantitative estimate of drug-likeness (QED) is 0.0896. The van der Waals surface area contributed by atoms with Gasteiger partial charge in [0.25, 0.3) is 0 Å². The van der Waals surface area contributed by atoms with Crippen LogP contribution in [0, 0.1) is 0 Å². The normalized spacial score (nSPS) is 11.6. The zero-order valence-corrected chi connectivity index (χ0v) is 35.3. The Bertz CT molecular complexity index is 663. The van der Waals surface area contributed by atoms with E-state index in [4.69, 9.17) is 62.9 Å². The summed E-state index contributed by atoms with van der Waals surface area (Å²) in [5.74, 6) is 0. The highest BCUT2D eigenvalue weighted by Crippen LogP contribution is 2.12. The van der Waals surface area contributed by atoms with Gasteiger partial charge in [-0.05, 0) is 50.5 Å². The molecule has 0 N–H and O–H groups in total. The lowest BCUT2D eigenvalue weighted by Crippen LogP contribution is -2.46. The van der Waals surface area contributed by atoms with Crippen LogP contribution in [0.1, 0.15) is 27.7 Å². The second kappa shape index (κ2) is 38.1. The summed E-state index contributed by atoms with van der Waals surface area (Å²) in [5.41, 5.74) is 6.82. The van der Waals surface area contributed by atoms with E-state index in [9.17, 15) is 0 Å². The van der Waals surface area contributed by atoms with E-state index in [0.29, 0.717) is 59.5 Å².